The first-order valence-corrected chi connectivity index (χ1v) is 24.0. The van der Waals surface area contributed by atoms with Crippen molar-refractivity contribution in [2.45, 2.75) is 277 Å². The number of rotatable bonds is 44. The Hall–Kier alpha value is -1.59. The molecule has 0 radical (unpaired) electrons. The highest BCUT2D eigenvalue weighted by Crippen LogP contribution is 2.16. The zero-order valence-electron chi connectivity index (χ0n) is 36.5. The van der Waals surface area contributed by atoms with Crippen LogP contribution in [0.25, 0.3) is 0 Å². The molecule has 0 fully saturated rings. The molecule has 0 aliphatic heterocycles. The predicted octanol–water partition coefficient (Wildman–Crippen LogP) is 15.3. The fourth-order valence-corrected chi connectivity index (χ4v) is 7.21. The molecule has 0 rings (SSSR count). The Kier molecular flexibility index (Phi) is 42.8. The molecule has 0 N–H and O–H groups in total. The van der Waals surface area contributed by atoms with Crippen LogP contribution in [0.4, 0.5) is 0 Å². The molecule has 0 aliphatic carbocycles. The van der Waals surface area contributed by atoms with Gasteiger partial charge in [-0.3, -0.25) is 14.4 Å². The third-order valence-electron chi connectivity index (χ3n) is 10.9. The standard InChI is InChI=1S/C48H92O6/c1-4-7-10-13-15-17-18-19-20-21-22-23-24-25-26-27-28-29-30-31-33-35-38-41-47(50)53-44-45(43-52-46(49)40-37-34-12-9-6-3)54-48(51)42-39-36-32-16-14-11-8-5-2/h45H,4-44H2,1-3H3. The van der Waals surface area contributed by atoms with Gasteiger partial charge in [0, 0.05) is 19.3 Å². The van der Waals surface area contributed by atoms with Crippen molar-refractivity contribution in [3.63, 3.8) is 0 Å². The second kappa shape index (κ2) is 44.1. The van der Waals surface area contributed by atoms with E-state index in [-0.39, 0.29) is 31.1 Å². The van der Waals surface area contributed by atoms with E-state index in [1.54, 1.807) is 0 Å². The number of unbranched alkanes of at least 4 members (excludes halogenated alkanes) is 33. The molecule has 0 aliphatic rings. The van der Waals surface area contributed by atoms with Gasteiger partial charge in [0.1, 0.15) is 13.2 Å². The maximum Gasteiger partial charge on any atom is 0.306 e. The lowest BCUT2D eigenvalue weighted by Gasteiger charge is -2.18. The van der Waals surface area contributed by atoms with Gasteiger partial charge < -0.3 is 14.2 Å². The molecular weight excluding hydrogens is 673 g/mol. The van der Waals surface area contributed by atoms with Gasteiger partial charge in [-0.25, -0.2) is 0 Å². The minimum absolute atomic E-state index is 0.0643. The molecule has 0 saturated carbocycles. The van der Waals surface area contributed by atoms with E-state index in [2.05, 4.69) is 20.8 Å². The summed E-state index contributed by atoms with van der Waals surface area (Å²) in [4.78, 5) is 37.3. The molecule has 320 valence electrons. The second-order valence-electron chi connectivity index (χ2n) is 16.4. The number of ether oxygens (including phenoxy) is 3. The van der Waals surface area contributed by atoms with E-state index in [0.717, 1.165) is 64.2 Å². The topological polar surface area (TPSA) is 78.9 Å². The van der Waals surface area contributed by atoms with Gasteiger partial charge in [-0.2, -0.15) is 0 Å². The van der Waals surface area contributed by atoms with Gasteiger partial charge in [-0.1, -0.05) is 233 Å². The average Bonchev–Trinajstić information content (AvgIpc) is 3.17. The van der Waals surface area contributed by atoms with Crippen molar-refractivity contribution in [2.75, 3.05) is 13.2 Å². The van der Waals surface area contributed by atoms with Crippen LogP contribution in [-0.4, -0.2) is 37.2 Å². The van der Waals surface area contributed by atoms with Crippen molar-refractivity contribution in [3.05, 3.63) is 0 Å². The first-order chi connectivity index (χ1) is 26.5. The maximum atomic E-state index is 12.6. The average molecular weight is 765 g/mol. The van der Waals surface area contributed by atoms with E-state index in [9.17, 15) is 14.4 Å². The number of esters is 3. The molecular formula is C48H92O6. The Morgan fingerprint density at radius 1 is 0.296 bits per heavy atom. The summed E-state index contributed by atoms with van der Waals surface area (Å²) in [5.74, 6) is -0.871. The van der Waals surface area contributed by atoms with Crippen molar-refractivity contribution < 1.29 is 28.6 Å². The predicted molar refractivity (Wildman–Crippen MR) is 229 cm³/mol. The Balaban J connectivity index is 3.94. The zero-order chi connectivity index (χ0) is 39.4. The van der Waals surface area contributed by atoms with Crippen LogP contribution >= 0.6 is 0 Å². The summed E-state index contributed by atoms with van der Waals surface area (Å²) in [7, 11) is 0. The summed E-state index contributed by atoms with van der Waals surface area (Å²) in [6.45, 7) is 6.55. The summed E-state index contributed by atoms with van der Waals surface area (Å²) in [5, 5.41) is 0. The monoisotopic (exact) mass is 765 g/mol. The number of hydrogen-bond acceptors (Lipinski definition) is 6. The molecule has 54 heavy (non-hydrogen) atoms. The van der Waals surface area contributed by atoms with Crippen molar-refractivity contribution in [1.82, 2.24) is 0 Å². The number of hydrogen-bond donors (Lipinski definition) is 0. The maximum absolute atomic E-state index is 12.6. The third-order valence-corrected chi connectivity index (χ3v) is 10.9. The van der Waals surface area contributed by atoms with Crippen LogP contribution in [-0.2, 0) is 28.6 Å². The van der Waals surface area contributed by atoms with Crippen LogP contribution in [0.5, 0.6) is 0 Å². The molecule has 0 bridgehead atoms. The smallest absolute Gasteiger partial charge is 0.306 e. The number of carbonyl (C=O) groups is 3. The van der Waals surface area contributed by atoms with Gasteiger partial charge in [0.2, 0.25) is 0 Å². The van der Waals surface area contributed by atoms with Crippen LogP contribution in [0, 0.1) is 0 Å². The van der Waals surface area contributed by atoms with Crippen LogP contribution in [0.15, 0.2) is 0 Å². The summed E-state index contributed by atoms with van der Waals surface area (Å²) in [6, 6.07) is 0. The van der Waals surface area contributed by atoms with E-state index in [0.29, 0.717) is 19.3 Å². The van der Waals surface area contributed by atoms with E-state index < -0.39 is 6.10 Å². The lowest BCUT2D eigenvalue weighted by molar-refractivity contribution is -0.167. The van der Waals surface area contributed by atoms with E-state index in [1.165, 1.54) is 167 Å². The molecule has 1 atom stereocenters. The molecule has 0 spiro atoms. The van der Waals surface area contributed by atoms with Crippen LogP contribution < -0.4 is 0 Å². The largest absolute Gasteiger partial charge is 0.462 e. The Bertz CT molecular complexity index is 798. The molecule has 6 nitrogen and oxygen atoms in total. The third kappa shape index (κ3) is 41.6. The summed E-state index contributed by atoms with van der Waals surface area (Å²) in [5.41, 5.74) is 0. The molecule has 0 saturated heterocycles. The second-order valence-corrected chi connectivity index (χ2v) is 16.4. The Morgan fingerprint density at radius 2 is 0.500 bits per heavy atom. The van der Waals surface area contributed by atoms with Gasteiger partial charge in [-0.15, -0.1) is 0 Å². The highest BCUT2D eigenvalue weighted by atomic mass is 16.6. The quantitative estimate of drug-likeness (QED) is 0.0349. The molecule has 0 aromatic carbocycles. The van der Waals surface area contributed by atoms with Crippen LogP contribution in [0.2, 0.25) is 0 Å². The fraction of sp³-hybridized carbons (Fsp3) is 0.938. The molecule has 0 aromatic heterocycles. The first-order valence-electron chi connectivity index (χ1n) is 24.0. The molecule has 1 unspecified atom stereocenters. The van der Waals surface area contributed by atoms with E-state index >= 15 is 0 Å². The highest BCUT2D eigenvalue weighted by molar-refractivity contribution is 5.71. The lowest BCUT2D eigenvalue weighted by atomic mass is 10.0. The van der Waals surface area contributed by atoms with Gasteiger partial charge in [0.05, 0.1) is 0 Å². The summed E-state index contributed by atoms with van der Waals surface area (Å²) < 4.78 is 16.6. The van der Waals surface area contributed by atoms with Gasteiger partial charge >= 0.3 is 17.9 Å². The lowest BCUT2D eigenvalue weighted by Crippen LogP contribution is -2.30. The normalized spacial score (nSPS) is 11.8. The van der Waals surface area contributed by atoms with Gasteiger partial charge in [-0.05, 0) is 19.3 Å². The Labute approximate surface area is 336 Å². The van der Waals surface area contributed by atoms with Crippen molar-refractivity contribution in [3.8, 4) is 0 Å². The zero-order valence-corrected chi connectivity index (χ0v) is 36.5. The van der Waals surface area contributed by atoms with Crippen molar-refractivity contribution in [1.29, 1.82) is 0 Å². The first kappa shape index (κ1) is 52.4. The van der Waals surface area contributed by atoms with Gasteiger partial charge in [0.15, 0.2) is 6.10 Å². The van der Waals surface area contributed by atoms with Crippen molar-refractivity contribution in [2.24, 2.45) is 0 Å². The van der Waals surface area contributed by atoms with Crippen LogP contribution in [0.3, 0.4) is 0 Å². The summed E-state index contributed by atoms with van der Waals surface area (Å²) in [6.07, 6.45) is 45.7. The molecule has 6 heteroatoms. The van der Waals surface area contributed by atoms with E-state index in [4.69, 9.17) is 14.2 Å². The minimum atomic E-state index is -0.756. The Morgan fingerprint density at radius 3 is 0.741 bits per heavy atom. The van der Waals surface area contributed by atoms with Gasteiger partial charge in [0.25, 0.3) is 0 Å². The molecule has 0 aromatic rings. The minimum Gasteiger partial charge on any atom is -0.462 e. The highest BCUT2D eigenvalue weighted by Gasteiger charge is 2.19. The fourth-order valence-electron chi connectivity index (χ4n) is 7.21. The molecule has 0 heterocycles. The van der Waals surface area contributed by atoms with Crippen LogP contribution in [0.1, 0.15) is 271 Å². The SMILES string of the molecule is CCCCCCCCCCCCCCCCCCCCCCCCCC(=O)OCC(COC(=O)CCCCCCC)OC(=O)CCCCCCCCCC. The van der Waals surface area contributed by atoms with E-state index in [1.807, 2.05) is 0 Å². The molecule has 0 amide bonds. The number of carbonyl (C=O) groups excluding carboxylic acids is 3. The summed E-state index contributed by atoms with van der Waals surface area (Å²) >= 11 is 0. The van der Waals surface area contributed by atoms with Crippen molar-refractivity contribution >= 4 is 17.9 Å².